The highest BCUT2D eigenvalue weighted by Gasteiger charge is 2.41. The summed E-state index contributed by atoms with van der Waals surface area (Å²) in [6, 6.07) is 0. The van der Waals surface area contributed by atoms with Gasteiger partial charge in [-0.3, -0.25) is 0 Å². The van der Waals surface area contributed by atoms with Gasteiger partial charge in [-0.05, 0) is 11.8 Å². The van der Waals surface area contributed by atoms with E-state index in [-0.39, 0.29) is 0 Å². The van der Waals surface area contributed by atoms with Crippen molar-refractivity contribution in [3.05, 3.63) is 0 Å². The molecule has 3 rings (SSSR count). The summed E-state index contributed by atoms with van der Waals surface area (Å²) >= 11 is 0. The van der Waals surface area contributed by atoms with Gasteiger partial charge < -0.3 is 4.90 Å². The van der Waals surface area contributed by atoms with Gasteiger partial charge in [-0.2, -0.15) is 0 Å². The van der Waals surface area contributed by atoms with Crippen molar-refractivity contribution >= 4 is 0 Å². The van der Waals surface area contributed by atoms with Crippen LogP contribution in [0.4, 0.5) is 0 Å². The van der Waals surface area contributed by atoms with Crippen LogP contribution < -0.4 is 4.90 Å². The third-order valence-corrected chi connectivity index (χ3v) is 4.09. The lowest BCUT2D eigenvalue weighted by atomic mass is 9.69. The summed E-state index contributed by atoms with van der Waals surface area (Å²) in [5.74, 6) is 0. The van der Waals surface area contributed by atoms with Crippen LogP contribution in [-0.2, 0) is 0 Å². The van der Waals surface area contributed by atoms with Crippen molar-refractivity contribution in [1.29, 1.82) is 0 Å². The molecule has 3 aliphatic rings. The van der Waals surface area contributed by atoms with Crippen molar-refractivity contribution in [3.63, 3.8) is 0 Å². The van der Waals surface area contributed by atoms with E-state index in [1.807, 2.05) is 4.90 Å². The number of unbranched alkanes of at least 4 members (excludes halogenated alkanes) is 1. The minimum Gasteiger partial charge on any atom is -0.335 e. The standard InChI is InChI=1S/C11H21N/c1-2-3-4-11-5-8-12(9-6-11)10-7-11/h2-10H2,1H3/p+1. The maximum absolute atomic E-state index is 2.32. The molecule has 3 fully saturated rings. The molecule has 12 heavy (non-hydrogen) atoms. The summed E-state index contributed by atoms with van der Waals surface area (Å²) in [6.07, 6.45) is 8.97. The molecule has 0 aromatic rings. The Hall–Kier alpha value is -0.0400. The first-order chi connectivity index (χ1) is 5.85. The molecule has 0 aliphatic carbocycles. The fraction of sp³-hybridized carbons (Fsp3) is 1.00. The third kappa shape index (κ3) is 1.52. The van der Waals surface area contributed by atoms with Crippen LogP contribution in [0.3, 0.4) is 0 Å². The lowest BCUT2D eigenvalue weighted by Crippen LogP contribution is -3.15. The van der Waals surface area contributed by atoms with E-state index in [1.165, 1.54) is 58.2 Å². The molecule has 0 atom stereocenters. The number of quaternary nitrogens is 1. The Bertz CT molecular complexity index is 131. The van der Waals surface area contributed by atoms with Crippen LogP contribution in [0.2, 0.25) is 0 Å². The van der Waals surface area contributed by atoms with E-state index in [0.717, 1.165) is 5.41 Å². The van der Waals surface area contributed by atoms with Gasteiger partial charge >= 0.3 is 0 Å². The summed E-state index contributed by atoms with van der Waals surface area (Å²) in [5, 5.41) is 0. The Balaban J connectivity index is 1.90. The maximum atomic E-state index is 2.32. The fourth-order valence-corrected chi connectivity index (χ4v) is 3.00. The van der Waals surface area contributed by atoms with Gasteiger partial charge in [0.25, 0.3) is 0 Å². The van der Waals surface area contributed by atoms with E-state index < -0.39 is 0 Å². The quantitative estimate of drug-likeness (QED) is 0.647. The summed E-state index contributed by atoms with van der Waals surface area (Å²) in [5.41, 5.74) is 0.817. The van der Waals surface area contributed by atoms with Gasteiger partial charge in [0.2, 0.25) is 0 Å². The number of fused-ring (bicyclic) bond motifs is 3. The lowest BCUT2D eigenvalue weighted by molar-refractivity contribution is -0.919. The number of hydrogen-bond acceptors (Lipinski definition) is 0. The monoisotopic (exact) mass is 168 g/mol. The number of hydrogen-bond donors (Lipinski definition) is 1. The van der Waals surface area contributed by atoms with Gasteiger partial charge in [0.05, 0.1) is 19.6 Å². The summed E-state index contributed by atoms with van der Waals surface area (Å²) in [4.78, 5) is 1.88. The largest absolute Gasteiger partial charge is 0.335 e. The molecule has 3 heterocycles. The molecule has 0 amide bonds. The fourth-order valence-electron chi connectivity index (χ4n) is 3.00. The van der Waals surface area contributed by atoms with Crippen LogP contribution in [0.1, 0.15) is 45.4 Å². The molecule has 1 nitrogen and oxygen atoms in total. The normalized spacial score (nSPS) is 40.2. The SMILES string of the molecule is CCCCC12CC[NH+](CC1)CC2. The second-order valence-electron chi connectivity index (χ2n) is 4.85. The second-order valence-corrected chi connectivity index (χ2v) is 4.85. The van der Waals surface area contributed by atoms with Crippen LogP contribution in [-0.4, -0.2) is 19.6 Å². The highest BCUT2D eigenvalue weighted by atomic mass is 15.1. The van der Waals surface area contributed by atoms with E-state index in [0.29, 0.717) is 0 Å². The minimum absolute atomic E-state index is 0.817. The Kier molecular flexibility index (Phi) is 2.40. The predicted octanol–water partition coefficient (Wildman–Crippen LogP) is 1.25. The molecular weight excluding hydrogens is 146 g/mol. The Labute approximate surface area is 76.1 Å². The zero-order valence-electron chi connectivity index (χ0n) is 8.36. The average Bonchev–Trinajstić information content (AvgIpc) is 2.18. The van der Waals surface area contributed by atoms with Crippen molar-refractivity contribution in [3.8, 4) is 0 Å². The molecule has 3 saturated heterocycles. The van der Waals surface area contributed by atoms with Crippen molar-refractivity contribution in [2.45, 2.75) is 45.4 Å². The Morgan fingerprint density at radius 2 is 1.67 bits per heavy atom. The van der Waals surface area contributed by atoms with Gasteiger partial charge in [-0.25, -0.2) is 0 Å². The number of nitrogens with one attached hydrogen (secondary N) is 1. The van der Waals surface area contributed by atoms with Crippen LogP contribution in [0.15, 0.2) is 0 Å². The molecule has 0 aromatic heterocycles. The first kappa shape index (κ1) is 8.55. The molecule has 0 unspecified atom stereocenters. The third-order valence-electron chi connectivity index (χ3n) is 4.09. The molecule has 0 spiro atoms. The van der Waals surface area contributed by atoms with E-state index in [2.05, 4.69) is 6.92 Å². The van der Waals surface area contributed by atoms with Crippen molar-refractivity contribution < 1.29 is 4.90 Å². The van der Waals surface area contributed by atoms with Crippen LogP contribution in [0, 0.1) is 5.41 Å². The second kappa shape index (κ2) is 3.37. The highest BCUT2D eigenvalue weighted by molar-refractivity contribution is 4.84. The topological polar surface area (TPSA) is 4.44 Å². The van der Waals surface area contributed by atoms with Gasteiger partial charge in [0.1, 0.15) is 0 Å². The predicted molar refractivity (Wildman–Crippen MR) is 51.4 cm³/mol. The number of piperidine rings is 3. The van der Waals surface area contributed by atoms with Gasteiger partial charge in [-0.15, -0.1) is 0 Å². The summed E-state index contributed by atoms with van der Waals surface area (Å²) < 4.78 is 0. The minimum atomic E-state index is 0.817. The van der Waals surface area contributed by atoms with E-state index in [9.17, 15) is 0 Å². The van der Waals surface area contributed by atoms with E-state index in [1.54, 1.807) is 0 Å². The molecule has 0 aromatic carbocycles. The van der Waals surface area contributed by atoms with Gasteiger partial charge in [0, 0.05) is 19.3 Å². The summed E-state index contributed by atoms with van der Waals surface area (Å²) in [7, 11) is 0. The van der Waals surface area contributed by atoms with Gasteiger partial charge in [0.15, 0.2) is 0 Å². The maximum Gasteiger partial charge on any atom is 0.0776 e. The molecule has 0 radical (unpaired) electrons. The van der Waals surface area contributed by atoms with E-state index >= 15 is 0 Å². The molecule has 2 bridgehead atoms. The van der Waals surface area contributed by atoms with Crippen LogP contribution in [0.25, 0.3) is 0 Å². The van der Waals surface area contributed by atoms with Crippen molar-refractivity contribution in [2.24, 2.45) is 5.41 Å². The Morgan fingerprint density at radius 1 is 1.08 bits per heavy atom. The number of rotatable bonds is 3. The molecule has 1 heteroatoms. The van der Waals surface area contributed by atoms with Crippen LogP contribution >= 0.6 is 0 Å². The average molecular weight is 168 g/mol. The smallest absolute Gasteiger partial charge is 0.0776 e. The molecular formula is C11H22N+. The molecule has 70 valence electrons. The first-order valence-electron chi connectivity index (χ1n) is 5.68. The van der Waals surface area contributed by atoms with E-state index in [4.69, 9.17) is 0 Å². The highest BCUT2D eigenvalue weighted by Crippen LogP contribution is 2.38. The summed E-state index contributed by atoms with van der Waals surface area (Å²) in [6.45, 7) is 6.75. The molecule has 0 saturated carbocycles. The van der Waals surface area contributed by atoms with Crippen LogP contribution in [0.5, 0.6) is 0 Å². The Morgan fingerprint density at radius 3 is 2.17 bits per heavy atom. The molecule has 3 aliphatic heterocycles. The van der Waals surface area contributed by atoms with Crippen molar-refractivity contribution in [1.82, 2.24) is 0 Å². The molecule has 1 N–H and O–H groups in total. The zero-order valence-corrected chi connectivity index (χ0v) is 8.36. The van der Waals surface area contributed by atoms with Gasteiger partial charge in [-0.1, -0.05) is 19.8 Å². The van der Waals surface area contributed by atoms with Crippen molar-refractivity contribution in [2.75, 3.05) is 19.6 Å². The first-order valence-corrected chi connectivity index (χ1v) is 5.68. The zero-order chi connectivity index (χ0) is 8.44. The lowest BCUT2D eigenvalue weighted by Gasteiger charge is -2.46.